The summed E-state index contributed by atoms with van der Waals surface area (Å²) in [6.45, 7) is 2.21. The lowest BCUT2D eigenvalue weighted by Gasteiger charge is -2.28. The highest BCUT2D eigenvalue weighted by Crippen LogP contribution is 2.34. The average Bonchev–Trinajstić information content (AvgIpc) is 2.90. The van der Waals surface area contributed by atoms with Crippen molar-refractivity contribution in [3.8, 4) is 0 Å². The number of hydrogen-bond donors (Lipinski definition) is 0. The Balaban J connectivity index is 2.34. The van der Waals surface area contributed by atoms with Crippen LogP contribution >= 0.6 is 38.9 Å². The van der Waals surface area contributed by atoms with E-state index in [-0.39, 0.29) is 0 Å². The SMILES string of the molecule is CC(c1cccs1)N(C)c1cccc(Cl)c1CBr. The summed E-state index contributed by atoms with van der Waals surface area (Å²) in [5.74, 6) is 0. The number of benzene rings is 1. The Labute approximate surface area is 126 Å². The van der Waals surface area contributed by atoms with Gasteiger partial charge in [0.25, 0.3) is 0 Å². The third-order valence-corrected chi connectivity index (χ3v) is 5.10. The molecule has 0 saturated carbocycles. The molecule has 1 atom stereocenters. The molecule has 0 aliphatic rings. The Morgan fingerprint density at radius 1 is 1.33 bits per heavy atom. The Bertz CT molecular complexity index is 513. The molecule has 0 radical (unpaired) electrons. The number of rotatable bonds is 4. The number of alkyl halides is 1. The monoisotopic (exact) mass is 343 g/mol. The largest absolute Gasteiger partial charge is 0.367 e. The van der Waals surface area contributed by atoms with Crippen LogP contribution in [0.15, 0.2) is 35.7 Å². The predicted octanol–water partition coefficient (Wildman–Crippen LogP) is 5.49. The second-order valence-corrected chi connectivity index (χ2v) is 6.12. The van der Waals surface area contributed by atoms with E-state index in [1.165, 1.54) is 10.6 Å². The first kappa shape index (κ1) is 13.9. The molecule has 1 aromatic carbocycles. The minimum atomic E-state index is 0.348. The van der Waals surface area contributed by atoms with Gasteiger partial charge in [-0.2, -0.15) is 0 Å². The molecule has 18 heavy (non-hydrogen) atoms. The van der Waals surface area contributed by atoms with Crippen LogP contribution in [0.3, 0.4) is 0 Å². The van der Waals surface area contributed by atoms with Crippen molar-refractivity contribution in [2.24, 2.45) is 0 Å². The number of halogens is 2. The van der Waals surface area contributed by atoms with E-state index in [4.69, 9.17) is 11.6 Å². The molecule has 0 fully saturated rings. The second kappa shape index (κ2) is 6.09. The molecule has 0 amide bonds. The highest BCUT2D eigenvalue weighted by Gasteiger charge is 2.16. The first-order chi connectivity index (χ1) is 8.65. The second-order valence-electron chi connectivity index (χ2n) is 4.17. The van der Waals surface area contributed by atoms with Gasteiger partial charge in [0.15, 0.2) is 0 Å². The van der Waals surface area contributed by atoms with E-state index < -0.39 is 0 Å². The van der Waals surface area contributed by atoms with Gasteiger partial charge in [0.1, 0.15) is 0 Å². The summed E-state index contributed by atoms with van der Waals surface area (Å²) < 4.78 is 0. The number of anilines is 1. The Hall–Kier alpha value is -0.510. The third kappa shape index (κ3) is 2.73. The van der Waals surface area contributed by atoms with Crippen LogP contribution in [0.5, 0.6) is 0 Å². The smallest absolute Gasteiger partial charge is 0.0603 e. The lowest BCUT2D eigenvalue weighted by molar-refractivity contribution is 0.751. The minimum absolute atomic E-state index is 0.348. The lowest BCUT2D eigenvalue weighted by Crippen LogP contribution is -2.22. The van der Waals surface area contributed by atoms with Gasteiger partial charge < -0.3 is 4.90 Å². The van der Waals surface area contributed by atoms with Crippen LogP contribution in [-0.2, 0) is 5.33 Å². The van der Waals surface area contributed by atoms with Crippen LogP contribution in [0, 0.1) is 0 Å². The average molecular weight is 345 g/mol. The van der Waals surface area contributed by atoms with Crippen LogP contribution in [0.2, 0.25) is 5.02 Å². The molecule has 0 saturated heterocycles. The molecule has 2 rings (SSSR count). The van der Waals surface area contributed by atoms with Crippen molar-refractivity contribution in [1.82, 2.24) is 0 Å². The van der Waals surface area contributed by atoms with E-state index in [9.17, 15) is 0 Å². The zero-order valence-electron chi connectivity index (χ0n) is 10.4. The third-order valence-electron chi connectivity index (χ3n) is 3.14. The van der Waals surface area contributed by atoms with Gasteiger partial charge in [0, 0.05) is 33.5 Å². The first-order valence-electron chi connectivity index (χ1n) is 5.74. The fourth-order valence-electron chi connectivity index (χ4n) is 1.94. The molecule has 0 aliphatic heterocycles. The summed E-state index contributed by atoms with van der Waals surface area (Å²) in [5, 5.41) is 3.70. The quantitative estimate of drug-likeness (QED) is 0.662. The Kier molecular flexibility index (Phi) is 4.71. The highest BCUT2D eigenvalue weighted by atomic mass is 79.9. The van der Waals surface area contributed by atoms with Crippen LogP contribution in [0.25, 0.3) is 0 Å². The topological polar surface area (TPSA) is 3.24 Å². The highest BCUT2D eigenvalue weighted by molar-refractivity contribution is 9.08. The van der Waals surface area contributed by atoms with Gasteiger partial charge in [-0.3, -0.25) is 0 Å². The maximum atomic E-state index is 6.25. The van der Waals surface area contributed by atoms with E-state index in [0.717, 1.165) is 15.9 Å². The van der Waals surface area contributed by atoms with Gasteiger partial charge >= 0.3 is 0 Å². The van der Waals surface area contributed by atoms with Crippen LogP contribution in [-0.4, -0.2) is 7.05 Å². The standard InChI is InChI=1S/C14H15BrClNS/c1-10(14-7-4-8-18-14)17(2)13-6-3-5-12(16)11(13)9-15/h3-8,10H,9H2,1-2H3. The van der Waals surface area contributed by atoms with Crippen molar-refractivity contribution < 1.29 is 0 Å². The molecule has 0 spiro atoms. The zero-order valence-corrected chi connectivity index (χ0v) is 13.5. The van der Waals surface area contributed by atoms with Crippen molar-refractivity contribution in [2.75, 3.05) is 11.9 Å². The maximum Gasteiger partial charge on any atom is 0.0603 e. The molecule has 0 bridgehead atoms. The molecule has 0 N–H and O–H groups in total. The van der Waals surface area contributed by atoms with Crippen LogP contribution in [0.4, 0.5) is 5.69 Å². The minimum Gasteiger partial charge on any atom is -0.367 e. The fourth-order valence-corrected chi connectivity index (χ4v) is 3.75. The summed E-state index contributed by atoms with van der Waals surface area (Å²) in [4.78, 5) is 3.63. The maximum absolute atomic E-state index is 6.25. The van der Waals surface area contributed by atoms with Gasteiger partial charge in [-0.1, -0.05) is 39.7 Å². The first-order valence-corrected chi connectivity index (χ1v) is 8.12. The molecule has 1 heterocycles. The summed E-state index contributed by atoms with van der Waals surface area (Å²) in [6.07, 6.45) is 0. The summed E-state index contributed by atoms with van der Waals surface area (Å²) >= 11 is 11.6. The van der Waals surface area contributed by atoms with E-state index in [0.29, 0.717) is 6.04 Å². The predicted molar refractivity (Wildman–Crippen MR) is 85.2 cm³/mol. The van der Waals surface area contributed by atoms with Crippen molar-refractivity contribution in [2.45, 2.75) is 18.3 Å². The van der Waals surface area contributed by atoms with Gasteiger partial charge in [0.2, 0.25) is 0 Å². The molecule has 1 nitrogen and oxygen atoms in total. The van der Waals surface area contributed by atoms with Gasteiger partial charge in [-0.25, -0.2) is 0 Å². The number of hydrogen-bond acceptors (Lipinski definition) is 2. The summed E-state index contributed by atoms with van der Waals surface area (Å²) in [5.41, 5.74) is 2.32. The molecular weight excluding hydrogens is 330 g/mol. The molecule has 4 heteroatoms. The fraction of sp³-hybridized carbons (Fsp3) is 0.286. The summed E-state index contributed by atoms with van der Waals surface area (Å²) in [6, 6.07) is 10.7. The van der Waals surface area contributed by atoms with Crippen LogP contribution in [0.1, 0.15) is 23.4 Å². The molecule has 0 aliphatic carbocycles. The normalized spacial score (nSPS) is 12.4. The van der Waals surface area contributed by atoms with Gasteiger partial charge in [-0.15, -0.1) is 11.3 Å². The van der Waals surface area contributed by atoms with E-state index in [1.807, 2.05) is 12.1 Å². The van der Waals surface area contributed by atoms with Gasteiger partial charge in [-0.05, 0) is 30.5 Å². The van der Waals surface area contributed by atoms with E-state index >= 15 is 0 Å². The lowest BCUT2D eigenvalue weighted by atomic mass is 10.1. The number of nitrogens with zero attached hydrogens (tertiary/aromatic N) is 1. The molecule has 2 aromatic rings. The zero-order chi connectivity index (χ0) is 13.1. The van der Waals surface area contributed by atoms with E-state index in [2.05, 4.69) is 58.4 Å². The van der Waals surface area contributed by atoms with Crippen molar-refractivity contribution in [1.29, 1.82) is 0 Å². The van der Waals surface area contributed by atoms with Crippen molar-refractivity contribution >= 4 is 44.6 Å². The molecule has 1 aromatic heterocycles. The van der Waals surface area contributed by atoms with E-state index in [1.54, 1.807) is 11.3 Å². The van der Waals surface area contributed by atoms with Crippen molar-refractivity contribution in [3.05, 3.63) is 51.2 Å². The van der Waals surface area contributed by atoms with Crippen LogP contribution < -0.4 is 4.90 Å². The van der Waals surface area contributed by atoms with Crippen molar-refractivity contribution in [3.63, 3.8) is 0 Å². The Morgan fingerprint density at radius 2 is 2.11 bits per heavy atom. The summed E-state index contributed by atoms with van der Waals surface area (Å²) in [7, 11) is 2.11. The van der Waals surface area contributed by atoms with Gasteiger partial charge in [0.05, 0.1) is 6.04 Å². The number of thiophene rings is 1. The Morgan fingerprint density at radius 3 is 2.72 bits per heavy atom. The molecule has 96 valence electrons. The molecular formula is C14H15BrClNS. The molecule has 1 unspecified atom stereocenters.